The van der Waals surface area contributed by atoms with Crippen molar-refractivity contribution in [2.24, 2.45) is 0 Å². The van der Waals surface area contributed by atoms with Gasteiger partial charge < -0.3 is 15.5 Å². The first-order valence-corrected chi connectivity index (χ1v) is 7.74. The van der Waals surface area contributed by atoms with E-state index in [9.17, 15) is 9.59 Å². The maximum Gasteiger partial charge on any atom is 0.251 e. The smallest absolute Gasteiger partial charge is 0.251 e. The van der Waals surface area contributed by atoms with E-state index in [-0.39, 0.29) is 18.4 Å². The Morgan fingerprint density at radius 1 is 1.22 bits per heavy atom. The summed E-state index contributed by atoms with van der Waals surface area (Å²) in [4.78, 5) is 25.7. The number of benzene rings is 1. The van der Waals surface area contributed by atoms with Crippen molar-refractivity contribution >= 4 is 17.5 Å². The van der Waals surface area contributed by atoms with Crippen molar-refractivity contribution in [1.29, 1.82) is 0 Å². The SMILES string of the molecule is C=CCN(CC=C)C(=O)CNc1cccc(C(=O)NCCC)c1. The maximum atomic E-state index is 12.1. The molecule has 5 heteroatoms. The number of nitrogens with zero attached hydrogens (tertiary/aromatic N) is 1. The van der Waals surface area contributed by atoms with Gasteiger partial charge in [0.05, 0.1) is 6.54 Å². The fourth-order valence-electron chi connectivity index (χ4n) is 1.99. The molecule has 124 valence electrons. The molecule has 2 N–H and O–H groups in total. The van der Waals surface area contributed by atoms with Crippen molar-refractivity contribution in [1.82, 2.24) is 10.2 Å². The van der Waals surface area contributed by atoms with Gasteiger partial charge in [0.15, 0.2) is 0 Å². The van der Waals surface area contributed by atoms with Gasteiger partial charge in [-0.1, -0.05) is 25.1 Å². The van der Waals surface area contributed by atoms with E-state index in [1.165, 1.54) is 0 Å². The largest absolute Gasteiger partial charge is 0.376 e. The van der Waals surface area contributed by atoms with E-state index < -0.39 is 0 Å². The van der Waals surface area contributed by atoms with Gasteiger partial charge in [0.25, 0.3) is 5.91 Å². The molecular formula is C18H25N3O2. The van der Waals surface area contributed by atoms with E-state index in [2.05, 4.69) is 23.8 Å². The minimum atomic E-state index is -0.109. The third kappa shape index (κ3) is 6.38. The number of hydrogen-bond donors (Lipinski definition) is 2. The topological polar surface area (TPSA) is 61.4 Å². The van der Waals surface area contributed by atoms with Crippen LogP contribution < -0.4 is 10.6 Å². The third-order valence-electron chi connectivity index (χ3n) is 3.16. The summed E-state index contributed by atoms with van der Waals surface area (Å²) in [7, 11) is 0. The zero-order chi connectivity index (χ0) is 17.1. The van der Waals surface area contributed by atoms with Crippen LogP contribution in [0.2, 0.25) is 0 Å². The van der Waals surface area contributed by atoms with Crippen LogP contribution in [0, 0.1) is 0 Å². The highest BCUT2D eigenvalue weighted by atomic mass is 16.2. The first-order valence-electron chi connectivity index (χ1n) is 7.74. The highest BCUT2D eigenvalue weighted by Crippen LogP contribution is 2.10. The van der Waals surface area contributed by atoms with Crippen molar-refractivity contribution in [3.63, 3.8) is 0 Å². The lowest BCUT2D eigenvalue weighted by Crippen LogP contribution is -2.35. The molecule has 0 atom stereocenters. The van der Waals surface area contributed by atoms with Crippen molar-refractivity contribution in [2.45, 2.75) is 13.3 Å². The Morgan fingerprint density at radius 2 is 1.91 bits per heavy atom. The van der Waals surface area contributed by atoms with E-state index in [4.69, 9.17) is 0 Å². The normalized spacial score (nSPS) is 9.78. The Morgan fingerprint density at radius 3 is 2.52 bits per heavy atom. The van der Waals surface area contributed by atoms with Crippen LogP contribution in [0.4, 0.5) is 5.69 Å². The molecule has 0 spiro atoms. The van der Waals surface area contributed by atoms with Crippen molar-refractivity contribution in [3.05, 3.63) is 55.1 Å². The molecule has 0 aliphatic carbocycles. The van der Waals surface area contributed by atoms with Gasteiger partial charge >= 0.3 is 0 Å². The Hall–Kier alpha value is -2.56. The Bertz CT molecular complexity index is 545. The van der Waals surface area contributed by atoms with Crippen LogP contribution in [0.5, 0.6) is 0 Å². The lowest BCUT2D eigenvalue weighted by atomic mass is 10.2. The van der Waals surface area contributed by atoms with Gasteiger partial charge in [-0.2, -0.15) is 0 Å². The monoisotopic (exact) mass is 315 g/mol. The van der Waals surface area contributed by atoms with Crippen molar-refractivity contribution < 1.29 is 9.59 Å². The van der Waals surface area contributed by atoms with E-state index >= 15 is 0 Å². The van der Waals surface area contributed by atoms with Gasteiger partial charge in [-0.25, -0.2) is 0 Å². The highest BCUT2D eigenvalue weighted by Gasteiger charge is 2.11. The molecule has 0 saturated heterocycles. The Labute approximate surface area is 138 Å². The molecule has 0 aromatic heterocycles. The molecule has 5 nitrogen and oxygen atoms in total. The fraction of sp³-hybridized carbons (Fsp3) is 0.333. The van der Waals surface area contributed by atoms with Crippen LogP contribution in [0.3, 0.4) is 0 Å². The van der Waals surface area contributed by atoms with E-state index in [0.29, 0.717) is 25.2 Å². The molecular weight excluding hydrogens is 290 g/mol. The van der Waals surface area contributed by atoms with Crippen LogP contribution in [0.1, 0.15) is 23.7 Å². The fourth-order valence-corrected chi connectivity index (χ4v) is 1.99. The van der Waals surface area contributed by atoms with Crippen LogP contribution in [0.25, 0.3) is 0 Å². The molecule has 0 saturated carbocycles. The maximum absolute atomic E-state index is 12.1. The van der Waals surface area contributed by atoms with Crippen LogP contribution in [-0.2, 0) is 4.79 Å². The zero-order valence-corrected chi connectivity index (χ0v) is 13.7. The van der Waals surface area contributed by atoms with Gasteiger partial charge in [0.1, 0.15) is 0 Å². The van der Waals surface area contributed by atoms with E-state index in [0.717, 1.165) is 12.1 Å². The average molecular weight is 315 g/mol. The minimum absolute atomic E-state index is 0.0503. The number of nitrogens with one attached hydrogen (secondary N) is 2. The summed E-state index contributed by atoms with van der Waals surface area (Å²) in [6.07, 6.45) is 4.25. The number of carbonyl (C=O) groups excluding carboxylic acids is 2. The van der Waals surface area contributed by atoms with Gasteiger partial charge in [0.2, 0.25) is 5.91 Å². The van der Waals surface area contributed by atoms with Crippen LogP contribution in [-0.4, -0.2) is 42.9 Å². The molecule has 1 aromatic carbocycles. The summed E-state index contributed by atoms with van der Waals surface area (Å²) in [5.74, 6) is -0.160. The molecule has 0 unspecified atom stereocenters. The standard InChI is InChI=1S/C18H25N3O2/c1-4-10-19-18(23)15-8-7-9-16(13-15)20-14-17(22)21(11-5-2)12-6-3/h5-9,13,20H,2-4,10-12,14H2,1H3,(H,19,23). The average Bonchev–Trinajstić information content (AvgIpc) is 2.57. The number of rotatable bonds is 10. The lowest BCUT2D eigenvalue weighted by Gasteiger charge is -2.19. The number of amides is 2. The summed E-state index contributed by atoms with van der Waals surface area (Å²) in [5.41, 5.74) is 1.31. The number of hydrogen-bond acceptors (Lipinski definition) is 3. The molecule has 0 bridgehead atoms. The van der Waals surface area contributed by atoms with Crippen LogP contribution >= 0.6 is 0 Å². The molecule has 0 aliphatic rings. The Kier molecular flexibility index (Phi) is 8.21. The first-order chi connectivity index (χ1) is 11.1. The molecule has 0 radical (unpaired) electrons. The minimum Gasteiger partial charge on any atom is -0.376 e. The van der Waals surface area contributed by atoms with Gasteiger partial charge in [-0.3, -0.25) is 9.59 Å². The number of carbonyl (C=O) groups is 2. The first kappa shape index (κ1) is 18.5. The van der Waals surface area contributed by atoms with Gasteiger partial charge in [0, 0.05) is 30.9 Å². The lowest BCUT2D eigenvalue weighted by molar-refractivity contribution is -0.128. The molecule has 2 amide bonds. The van der Waals surface area contributed by atoms with E-state index in [1.54, 1.807) is 35.3 Å². The number of anilines is 1. The zero-order valence-electron chi connectivity index (χ0n) is 13.7. The second-order valence-corrected chi connectivity index (χ2v) is 5.07. The van der Waals surface area contributed by atoms with Crippen molar-refractivity contribution in [3.8, 4) is 0 Å². The summed E-state index contributed by atoms with van der Waals surface area (Å²) >= 11 is 0. The molecule has 0 aliphatic heterocycles. The summed E-state index contributed by atoms with van der Waals surface area (Å²) in [5, 5.41) is 5.88. The Balaban J connectivity index is 2.63. The quantitative estimate of drug-likeness (QED) is 0.652. The molecule has 0 heterocycles. The molecule has 23 heavy (non-hydrogen) atoms. The predicted octanol–water partition coefficient (Wildman–Crippen LogP) is 2.44. The van der Waals surface area contributed by atoms with E-state index in [1.807, 2.05) is 13.0 Å². The second kappa shape index (κ2) is 10.2. The predicted molar refractivity (Wildman–Crippen MR) is 94.5 cm³/mol. The summed E-state index contributed by atoms with van der Waals surface area (Å²) < 4.78 is 0. The second-order valence-electron chi connectivity index (χ2n) is 5.07. The summed E-state index contributed by atoms with van der Waals surface area (Å²) in [6.45, 7) is 11.1. The summed E-state index contributed by atoms with van der Waals surface area (Å²) in [6, 6.07) is 7.11. The highest BCUT2D eigenvalue weighted by molar-refractivity contribution is 5.95. The molecule has 1 rings (SSSR count). The van der Waals surface area contributed by atoms with Gasteiger partial charge in [-0.15, -0.1) is 13.2 Å². The molecule has 1 aromatic rings. The van der Waals surface area contributed by atoms with Gasteiger partial charge in [-0.05, 0) is 24.6 Å². The molecule has 0 fully saturated rings. The van der Waals surface area contributed by atoms with Crippen molar-refractivity contribution in [2.75, 3.05) is 31.5 Å². The van der Waals surface area contributed by atoms with Crippen LogP contribution in [0.15, 0.2) is 49.6 Å². The third-order valence-corrected chi connectivity index (χ3v) is 3.16.